The summed E-state index contributed by atoms with van der Waals surface area (Å²) < 4.78 is 0. The van der Waals surface area contributed by atoms with Crippen LogP contribution in [0.25, 0.3) is 0 Å². The van der Waals surface area contributed by atoms with E-state index >= 15 is 0 Å². The lowest BCUT2D eigenvalue weighted by atomic mass is 9.98. The number of hydrogen-bond donors (Lipinski definition) is 1. The second-order valence-electron chi connectivity index (χ2n) is 5.11. The van der Waals surface area contributed by atoms with Crippen LogP contribution in [0.5, 0.6) is 0 Å². The quantitative estimate of drug-likeness (QED) is 0.670. The molecule has 0 atom stereocenters. The van der Waals surface area contributed by atoms with Crippen LogP contribution < -0.4 is 5.73 Å². The highest BCUT2D eigenvalue weighted by molar-refractivity contribution is 6.02. The predicted molar refractivity (Wildman–Crippen MR) is 79.5 cm³/mol. The number of ketones is 1. The number of aryl methyl sites for hydroxylation is 3. The average Bonchev–Trinajstić information content (AvgIpc) is 2.36. The van der Waals surface area contributed by atoms with E-state index in [1.165, 1.54) is 11.1 Å². The van der Waals surface area contributed by atoms with Crippen LogP contribution in [0.1, 0.15) is 32.6 Å². The third kappa shape index (κ3) is 3.02. The van der Waals surface area contributed by atoms with Gasteiger partial charge in [0, 0.05) is 17.7 Å². The van der Waals surface area contributed by atoms with Crippen molar-refractivity contribution in [3.05, 3.63) is 64.2 Å². The Balaban J connectivity index is 2.25. The molecule has 0 saturated heterocycles. The molecule has 19 heavy (non-hydrogen) atoms. The molecule has 2 nitrogen and oxygen atoms in total. The van der Waals surface area contributed by atoms with Gasteiger partial charge in [-0.2, -0.15) is 0 Å². The number of nitrogens with two attached hydrogens (primary N) is 1. The van der Waals surface area contributed by atoms with Crippen LogP contribution in [0.3, 0.4) is 0 Å². The Morgan fingerprint density at radius 2 is 1.74 bits per heavy atom. The van der Waals surface area contributed by atoms with Crippen LogP contribution in [0.2, 0.25) is 0 Å². The van der Waals surface area contributed by atoms with Crippen molar-refractivity contribution in [2.45, 2.75) is 27.2 Å². The first-order valence-electron chi connectivity index (χ1n) is 6.43. The molecule has 2 rings (SSSR count). The van der Waals surface area contributed by atoms with Crippen LogP contribution in [0, 0.1) is 20.8 Å². The zero-order valence-corrected chi connectivity index (χ0v) is 11.7. The molecule has 0 heterocycles. The second-order valence-corrected chi connectivity index (χ2v) is 5.11. The van der Waals surface area contributed by atoms with Crippen LogP contribution in [-0.2, 0) is 6.42 Å². The summed E-state index contributed by atoms with van der Waals surface area (Å²) in [4.78, 5) is 12.3. The topological polar surface area (TPSA) is 43.1 Å². The van der Waals surface area contributed by atoms with E-state index < -0.39 is 0 Å². The highest BCUT2D eigenvalue weighted by atomic mass is 16.1. The van der Waals surface area contributed by atoms with Crippen LogP contribution in [0.4, 0.5) is 5.69 Å². The molecule has 0 radical (unpaired) electrons. The van der Waals surface area contributed by atoms with E-state index in [-0.39, 0.29) is 5.78 Å². The van der Waals surface area contributed by atoms with Gasteiger partial charge in [0.2, 0.25) is 0 Å². The Hall–Kier alpha value is -2.09. The van der Waals surface area contributed by atoms with E-state index in [1.54, 1.807) is 6.07 Å². The van der Waals surface area contributed by atoms with Crippen molar-refractivity contribution in [3.63, 3.8) is 0 Å². The molecular formula is C17H19NO. The van der Waals surface area contributed by atoms with Crippen molar-refractivity contribution >= 4 is 11.5 Å². The molecule has 0 aliphatic rings. The van der Waals surface area contributed by atoms with Crippen molar-refractivity contribution in [1.82, 2.24) is 0 Å². The van der Waals surface area contributed by atoms with Crippen LogP contribution >= 0.6 is 0 Å². The van der Waals surface area contributed by atoms with E-state index in [4.69, 9.17) is 5.73 Å². The molecule has 0 fully saturated rings. The largest absolute Gasteiger partial charge is 0.398 e. The standard InChI is InChI=1S/C17H19NO/c1-11-4-7-16(18)15(8-11)17(19)10-14-6-5-12(2)13(3)9-14/h4-9H,10,18H2,1-3H3. The Morgan fingerprint density at radius 3 is 2.42 bits per heavy atom. The molecule has 0 aromatic heterocycles. The first kappa shape index (κ1) is 13.3. The third-order valence-electron chi connectivity index (χ3n) is 3.45. The van der Waals surface area contributed by atoms with Gasteiger partial charge in [-0.3, -0.25) is 4.79 Å². The highest BCUT2D eigenvalue weighted by Crippen LogP contribution is 2.18. The smallest absolute Gasteiger partial charge is 0.169 e. The maximum Gasteiger partial charge on any atom is 0.169 e. The van der Waals surface area contributed by atoms with Gasteiger partial charge in [0.05, 0.1) is 0 Å². The van der Waals surface area contributed by atoms with E-state index in [2.05, 4.69) is 26.0 Å². The van der Waals surface area contributed by atoms with Gasteiger partial charge >= 0.3 is 0 Å². The van der Waals surface area contributed by atoms with Crippen molar-refractivity contribution in [2.24, 2.45) is 0 Å². The normalized spacial score (nSPS) is 10.5. The number of hydrogen-bond acceptors (Lipinski definition) is 2. The Labute approximate surface area is 114 Å². The Kier molecular flexibility index (Phi) is 3.70. The van der Waals surface area contributed by atoms with Crippen LogP contribution in [0.15, 0.2) is 36.4 Å². The van der Waals surface area contributed by atoms with Crippen molar-refractivity contribution in [3.8, 4) is 0 Å². The maximum absolute atomic E-state index is 12.3. The summed E-state index contributed by atoms with van der Waals surface area (Å²) in [6, 6.07) is 11.7. The number of nitrogen functional groups attached to an aromatic ring is 1. The molecule has 0 aliphatic heterocycles. The number of anilines is 1. The molecule has 2 aromatic carbocycles. The van der Waals surface area contributed by atoms with Gasteiger partial charge in [-0.05, 0) is 49.6 Å². The minimum atomic E-state index is 0.0736. The zero-order chi connectivity index (χ0) is 14.0. The summed E-state index contributed by atoms with van der Waals surface area (Å²) in [5, 5.41) is 0. The lowest BCUT2D eigenvalue weighted by Crippen LogP contribution is -2.07. The van der Waals surface area contributed by atoms with Gasteiger partial charge in [0.25, 0.3) is 0 Å². The zero-order valence-electron chi connectivity index (χ0n) is 11.7. The summed E-state index contributed by atoms with van der Waals surface area (Å²) >= 11 is 0. The monoisotopic (exact) mass is 253 g/mol. The van der Waals surface area contributed by atoms with Crippen molar-refractivity contribution < 1.29 is 4.79 Å². The maximum atomic E-state index is 12.3. The van der Waals surface area contributed by atoms with E-state index in [9.17, 15) is 4.79 Å². The number of rotatable bonds is 3. The van der Waals surface area contributed by atoms with E-state index in [0.29, 0.717) is 17.7 Å². The second kappa shape index (κ2) is 5.27. The summed E-state index contributed by atoms with van der Waals surface area (Å²) in [5.41, 5.74) is 11.6. The van der Waals surface area contributed by atoms with E-state index in [0.717, 1.165) is 11.1 Å². The lowest BCUT2D eigenvalue weighted by molar-refractivity contribution is 0.0993. The van der Waals surface area contributed by atoms with Gasteiger partial charge in [-0.1, -0.05) is 29.8 Å². The van der Waals surface area contributed by atoms with Gasteiger partial charge in [-0.25, -0.2) is 0 Å². The molecule has 2 aromatic rings. The van der Waals surface area contributed by atoms with Gasteiger partial charge in [-0.15, -0.1) is 0 Å². The number of Topliss-reactive ketones (excluding diaryl/α,β-unsaturated/α-hetero) is 1. The first-order chi connectivity index (χ1) is 8.97. The molecule has 0 saturated carbocycles. The van der Waals surface area contributed by atoms with Crippen LogP contribution in [-0.4, -0.2) is 5.78 Å². The first-order valence-corrected chi connectivity index (χ1v) is 6.43. The summed E-state index contributed by atoms with van der Waals surface area (Å²) in [6.45, 7) is 6.09. The molecule has 0 unspecified atom stereocenters. The molecule has 98 valence electrons. The Bertz CT molecular complexity index is 629. The van der Waals surface area contributed by atoms with Gasteiger partial charge in [0.1, 0.15) is 0 Å². The molecule has 0 aliphatic carbocycles. The minimum absolute atomic E-state index is 0.0736. The molecule has 0 bridgehead atoms. The lowest BCUT2D eigenvalue weighted by Gasteiger charge is -2.08. The fourth-order valence-corrected chi connectivity index (χ4v) is 2.11. The summed E-state index contributed by atoms with van der Waals surface area (Å²) in [7, 11) is 0. The molecule has 0 amide bonds. The number of benzene rings is 2. The predicted octanol–water partition coefficient (Wildman–Crippen LogP) is 3.62. The summed E-state index contributed by atoms with van der Waals surface area (Å²) in [6.07, 6.45) is 0.398. The summed E-state index contributed by atoms with van der Waals surface area (Å²) in [5.74, 6) is 0.0736. The Morgan fingerprint density at radius 1 is 1.00 bits per heavy atom. The molecular weight excluding hydrogens is 234 g/mol. The van der Waals surface area contributed by atoms with Crippen molar-refractivity contribution in [2.75, 3.05) is 5.73 Å². The minimum Gasteiger partial charge on any atom is -0.398 e. The fraction of sp³-hybridized carbons (Fsp3) is 0.235. The molecule has 2 N–H and O–H groups in total. The third-order valence-corrected chi connectivity index (χ3v) is 3.45. The fourth-order valence-electron chi connectivity index (χ4n) is 2.11. The van der Waals surface area contributed by atoms with Gasteiger partial charge < -0.3 is 5.73 Å². The highest BCUT2D eigenvalue weighted by Gasteiger charge is 2.11. The SMILES string of the molecule is Cc1ccc(N)c(C(=O)Cc2ccc(C)c(C)c2)c1. The average molecular weight is 253 g/mol. The van der Waals surface area contributed by atoms with Gasteiger partial charge in [0.15, 0.2) is 5.78 Å². The number of carbonyl (C=O) groups excluding carboxylic acids is 1. The van der Waals surface area contributed by atoms with E-state index in [1.807, 2.05) is 25.1 Å². The van der Waals surface area contributed by atoms with Crippen molar-refractivity contribution in [1.29, 1.82) is 0 Å². The number of carbonyl (C=O) groups is 1. The molecule has 2 heteroatoms. The molecule has 0 spiro atoms.